The molecule has 0 radical (unpaired) electrons. The van der Waals surface area contributed by atoms with Gasteiger partial charge >= 0.3 is 0 Å². The molecular weight excluding hydrogens is 252 g/mol. The maximum absolute atomic E-state index is 2.38. The molecular formula is C21H36. The molecule has 1 saturated carbocycles. The van der Waals surface area contributed by atoms with Gasteiger partial charge in [-0.25, -0.2) is 0 Å². The van der Waals surface area contributed by atoms with Crippen molar-refractivity contribution in [3.8, 4) is 0 Å². The lowest BCUT2D eigenvalue weighted by atomic mass is 9.84. The Balaban J connectivity index is 0.000000211. The Labute approximate surface area is 133 Å². The summed E-state index contributed by atoms with van der Waals surface area (Å²) >= 11 is 0. The SMILES string of the molecule is CC(C)=CCC1(C)CC=CC1.CC(C)=CCC1CCCC1. The van der Waals surface area contributed by atoms with Crippen molar-refractivity contribution in [2.24, 2.45) is 11.3 Å². The Hall–Kier alpha value is -0.780. The van der Waals surface area contributed by atoms with Crippen LogP contribution in [0.1, 0.15) is 86.0 Å². The first-order valence-corrected chi connectivity index (χ1v) is 8.83. The molecule has 0 aromatic carbocycles. The maximum Gasteiger partial charge on any atom is -0.0222 e. The fourth-order valence-corrected chi connectivity index (χ4v) is 3.08. The first-order chi connectivity index (χ1) is 9.91. The lowest BCUT2D eigenvalue weighted by molar-refractivity contribution is 0.357. The Bertz CT molecular complexity index is 359. The van der Waals surface area contributed by atoms with E-state index in [0.717, 1.165) is 5.92 Å². The first-order valence-electron chi connectivity index (χ1n) is 8.83. The number of hydrogen-bond acceptors (Lipinski definition) is 0. The van der Waals surface area contributed by atoms with Crippen molar-refractivity contribution in [1.29, 1.82) is 0 Å². The van der Waals surface area contributed by atoms with E-state index in [9.17, 15) is 0 Å². The van der Waals surface area contributed by atoms with Gasteiger partial charge in [-0.1, -0.05) is 68.1 Å². The Morgan fingerprint density at radius 2 is 1.48 bits per heavy atom. The molecule has 0 aliphatic heterocycles. The summed E-state index contributed by atoms with van der Waals surface area (Å²) in [6.07, 6.45) is 20.3. The molecule has 0 heterocycles. The average Bonchev–Trinajstić information content (AvgIpc) is 3.07. The number of rotatable bonds is 4. The maximum atomic E-state index is 2.38. The smallest absolute Gasteiger partial charge is 0.0222 e. The van der Waals surface area contributed by atoms with Gasteiger partial charge in [0, 0.05) is 0 Å². The molecule has 0 nitrogen and oxygen atoms in total. The second-order valence-electron chi connectivity index (χ2n) is 7.84. The van der Waals surface area contributed by atoms with Crippen LogP contribution in [0.15, 0.2) is 35.5 Å². The average molecular weight is 289 g/mol. The summed E-state index contributed by atoms with van der Waals surface area (Å²) in [6.45, 7) is 11.1. The molecule has 0 unspecified atom stereocenters. The summed E-state index contributed by atoms with van der Waals surface area (Å²) in [4.78, 5) is 0. The van der Waals surface area contributed by atoms with Crippen LogP contribution in [0.25, 0.3) is 0 Å². The largest absolute Gasteiger partial charge is 0.0880 e. The van der Waals surface area contributed by atoms with Gasteiger partial charge in [-0.2, -0.15) is 0 Å². The zero-order valence-corrected chi connectivity index (χ0v) is 15.0. The minimum Gasteiger partial charge on any atom is -0.0880 e. The van der Waals surface area contributed by atoms with Gasteiger partial charge in [-0.05, 0) is 64.7 Å². The van der Waals surface area contributed by atoms with Crippen molar-refractivity contribution in [2.75, 3.05) is 0 Å². The number of allylic oxidation sites excluding steroid dienone is 6. The van der Waals surface area contributed by atoms with E-state index < -0.39 is 0 Å². The minimum atomic E-state index is 0.539. The monoisotopic (exact) mass is 288 g/mol. The van der Waals surface area contributed by atoms with Gasteiger partial charge in [0.15, 0.2) is 0 Å². The summed E-state index contributed by atoms with van der Waals surface area (Å²) in [7, 11) is 0. The highest BCUT2D eigenvalue weighted by Crippen LogP contribution is 2.36. The van der Waals surface area contributed by atoms with Gasteiger partial charge in [0.2, 0.25) is 0 Å². The number of hydrogen-bond donors (Lipinski definition) is 0. The fourth-order valence-electron chi connectivity index (χ4n) is 3.08. The van der Waals surface area contributed by atoms with Crippen LogP contribution in [0.5, 0.6) is 0 Å². The van der Waals surface area contributed by atoms with Gasteiger partial charge in [-0.3, -0.25) is 0 Å². The van der Waals surface area contributed by atoms with E-state index in [1.54, 1.807) is 0 Å². The topological polar surface area (TPSA) is 0 Å². The van der Waals surface area contributed by atoms with E-state index in [2.05, 4.69) is 58.9 Å². The summed E-state index contributed by atoms with van der Waals surface area (Å²) < 4.78 is 0. The van der Waals surface area contributed by atoms with Crippen LogP contribution in [0.2, 0.25) is 0 Å². The lowest BCUT2D eigenvalue weighted by Crippen LogP contribution is -2.09. The molecule has 0 spiro atoms. The molecule has 0 bridgehead atoms. The highest BCUT2D eigenvalue weighted by atomic mass is 14.3. The highest BCUT2D eigenvalue weighted by Gasteiger charge is 2.23. The molecule has 2 aliphatic carbocycles. The summed E-state index contributed by atoms with van der Waals surface area (Å²) in [6, 6.07) is 0. The molecule has 0 aromatic heterocycles. The van der Waals surface area contributed by atoms with E-state index in [1.165, 1.54) is 62.5 Å². The highest BCUT2D eigenvalue weighted by molar-refractivity contribution is 5.05. The minimum absolute atomic E-state index is 0.539. The fraction of sp³-hybridized carbons (Fsp3) is 0.714. The van der Waals surface area contributed by atoms with E-state index in [1.807, 2.05) is 0 Å². The second kappa shape index (κ2) is 9.28. The van der Waals surface area contributed by atoms with Gasteiger partial charge in [0.1, 0.15) is 0 Å². The van der Waals surface area contributed by atoms with Crippen molar-refractivity contribution in [3.63, 3.8) is 0 Å². The zero-order valence-electron chi connectivity index (χ0n) is 15.0. The quantitative estimate of drug-likeness (QED) is 0.478. The zero-order chi connectivity index (χ0) is 15.7. The molecule has 0 amide bonds. The lowest BCUT2D eigenvalue weighted by Gasteiger charge is -2.21. The van der Waals surface area contributed by atoms with Crippen molar-refractivity contribution >= 4 is 0 Å². The summed E-state index contributed by atoms with van der Waals surface area (Å²) in [5.74, 6) is 1.02. The molecule has 120 valence electrons. The van der Waals surface area contributed by atoms with E-state index >= 15 is 0 Å². The Kier molecular flexibility index (Phi) is 8.07. The van der Waals surface area contributed by atoms with E-state index in [4.69, 9.17) is 0 Å². The van der Waals surface area contributed by atoms with Crippen LogP contribution in [0.4, 0.5) is 0 Å². The molecule has 0 atom stereocenters. The van der Waals surface area contributed by atoms with Crippen LogP contribution in [0, 0.1) is 11.3 Å². The Morgan fingerprint density at radius 3 is 1.95 bits per heavy atom. The molecule has 0 heteroatoms. The first kappa shape index (κ1) is 18.3. The third kappa shape index (κ3) is 8.29. The molecule has 0 saturated heterocycles. The van der Waals surface area contributed by atoms with Crippen molar-refractivity contribution in [1.82, 2.24) is 0 Å². The molecule has 2 aliphatic rings. The van der Waals surface area contributed by atoms with Gasteiger partial charge in [0.05, 0.1) is 0 Å². The van der Waals surface area contributed by atoms with Crippen LogP contribution >= 0.6 is 0 Å². The molecule has 0 N–H and O–H groups in total. The van der Waals surface area contributed by atoms with Crippen LogP contribution in [-0.4, -0.2) is 0 Å². The molecule has 1 fully saturated rings. The van der Waals surface area contributed by atoms with Crippen molar-refractivity contribution in [2.45, 2.75) is 86.0 Å². The normalized spacial score (nSPS) is 19.9. The van der Waals surface area contributed by atoms with Crippen LogP contribution in [0.3, 0.4) is 0 Å². The third-order valence-electron chi connectivity index (χ3n) is 4.73. The van der Waals surface area contributed by atoms with Crippen LogP contribution < -0.4 is 0 Å². The summed E-state index contributed by atoms with van der Waals surface area (Å²) in [5, 5.41) is 0. The standard InChI is InChI=1S/C11H18.C10H18/c1-10(2)6-9-11(3)7-4-5-8-11;1-9(2)7-8-10-5-3-4-6-10/h4-6H,7-9H2,1-3H3;7,10H,3-6,8H2,1-2H3. The molecule has 0 aromatic rings. The predicted molar refractivity (Wildman–Crippen MR) is 96.5 cm³/mol. The van der Waals surface area contributed by atoms with Gasteiger partial charge in [-0.15, -0.1) is 0 Å². The molecule has 2 rings (SSSR count). The van der Waals surface area contributed by atoms with Gasteiger partial charge in [0.25, 0.3) is 0 Å². The van der Waals surface area contributed by atoms with Crippen molar-refractivity contribution < 1.29 is 0 Å². The summed E-state index contributed by atoms with van der Waals surface area (Å²) in [5.41, 5.74) is 3.46. The van der Waals surface area contributed by atoms with Crippen LogP contribution in [-0.2, 0) is 0 Å². The van der Waals surface area contributed by atoms with Crippen molar-refractivity contribution in [3.05, 3.63) is 35.5 Å². The Morgan fingerprint density at radius 1 is 0.952 bits per heavy atom. The van der Waals surface area contributed by atoms with Gasteiger partial charge < -0.3 is 0 Å². The second-order valence-corrected chi connectivity index (χ2v) is 7.84. The predicted octanol–water partition coefficient (Wildman–Crippen LogP) is 7.23. The van der Waals surface area contributed by atoms with E-state index in [0.29, 0.717) is 5.41 Å². The molecule has 21 heavy (non-hydrogen) atoms. The van der Waals surface area contributed by atoms with E-state index in [-0.39, 0.29) is 0 Å². The third-order valence-corrected chi connectivity index (χ3v) is 4.73.